The molecule has 1 aliphatic rings. The van der Waals surface area contributed by atoms with Crippen molar-refractivity contribution in [3.05, 3.63) is 35.6 Å². The minimum Gasteiger partial charge on any atom is -0.383 e. The van der Waals surface area contributed by atoms with Crippen molar-refractivity contribution in [2.45, 2.75) is 31.1 Å². The zero-order chi connectivity index (χ0) is 12.8. The number of benzene rings is 1. The highest BCUT2D eigenvalue weighted by Crippen LogP contribution is 2.40. The van der Waals surface area contributed by atoms with Crippen LogP contribution in [0.4, 0.5) is 4.39 Å². The minimum absolute atomic E-state index is 0.121. The van der Waals surface area contributed by atoms with Gasteiger partial charge in [-0.15, -0.1) is 0 Å². The molecular weight excluding hydrogens is 229 g/mol. The predicted molar refractivity (Wildman–Crippen MR) is 71.3 cm³/mol. The molecule has 1 aliphatic carbocycles. The van der Waals surface area contributed by atoms with E-state index in [2.05, 4.69) is 11.4 Å². The molecule has 0 aromatic heterocycles. The summed E-state index contributed by atoms with van der Waals surface area (Å²) in [5.74, 6) is -0.129. The average molecular weight is 251 g/mol. The number of methoxy groups -OCH3 is 1. The zero-order valence-electron chi connectivity index (χ0n) is 11.0. The fourth-order valence-electron chi connectivity index (χ4n) is 2.94. The van der Waals surface area contributed by atoms with Crippen LogP contribution in [0, 0.1) is 5.82 Å². The van der Waals surface area contributed by atoms with E-state index in [1.54, 1.807) is 13.2 Å². The summed E-state index contributed by atoms with van der Waals surface area (Å²) in [6.45, 7) is 2.49. The molecule has 1 fully saturated rings. The quantitative estimate of drug-likeness (QED) is 0.785. The van der Waals surface area contributed by atoms with Crippen molar-refractivity contribution in [1.29, 1.82) is 0 Å². The maximum Gasteiger partial charge on any atom is 0.123 e. The van der Waals surface area contributed by atoms with Crippen LogP contribution in [0.5, 0.6) is 0 Å². The molecule has 0 atom stereocenters. The first-order valence-electron chi connectivity index (χ1n) is 6.73. The number of hydrogen-bond donors (Lipinski definition) is 1. The molecule has 3 heteroatoms. The molecule has 1 saturated carbocycles. The summed E-state index contributed by atoms with van der Waals surface area (Å²) in [4.78, 5) is 0. The van der Waals surface area contributed by atoms with Gasteiger partial charge in [-0.25, -0.2) is 4.39 Å². The Labute approximate surface area is 109 Å². The van der Waals surface area contributed by atoms with E-state index in [1.807, 2.05) is 6.07 Å². The van der Waals surface area contributed by atoms with Crippen molar-refractivity contribution >= 4 is 0 Å². The first kappa shape index (κ1) is 13.5. The van der Waals surface area contributed by atoms with E-state index in [0.29, 0.717) is 0 Å². The topological polar surface area (TPSA) is 21.3 Å². The van der Waals surface area contributed by atoms with Gasteiger partial charge in [0.15, 0.2) is 0 Å². The first-order chi connectivity index (χ1) is 8.77. The van der Waals surface area contributed by atoms with Gasteiger partial charge in [-0.2, -0.15) is 0 Å². The number of nitrogens with one attached hydrogen (secondary N) is 1. The van der Waals surface area contributed by atoms with Crippen molar-refractivity contribution in [2.24, 2.45) is 0 Å². The molecule has 0 unspecified atom stereocenters. The van der Waals surface area contributed by atoms with Crippen LogP contribution >= 0.6 is 0 Å². The maximum absolute atomic E-state index is 13.4. The first-order valence-corrected chi connectivity index (χ1v) is 6.73. The fraction of sp³-hybridized carbons (Fsp3) is 0.600. The van der Waals surface area contributed by atoms with E-state index in [-0.39, 0.29) is 11.2 Å². The molecule has 1 N–H and O–H groups in total. The van der Waals surface area contributed by atoms with Crippen molar-refractivity contribution < 1.29 is 9.13 Å². The zero-order valence-corrected chi connectivity index (χ0v) is 11.0. The van der Waals surface area contributed by atoms with Crippen LogP contribution < -0.4 is 5.32 Å². The van der Waals surface area contributed by atoms with Gasteiger partial charge in [-0.3, -0.25) is 0 Å². The normalized spacial score (nSPS) is 18.1. The summed E-state index contributed by atoms with van der Waals surface area (Å²) >= 11 is 0. The molecule has 0 spiro atoms. The lowest BCUT2D eigenvalue weighted by atomic mass is 9.79. The molecular formula is C15H22FNO. The molecule has 0 bridgehead atoms. The maximum atomic E-state index is 13.4. The highest BCUT2D eigenvalue weighted by molar-refractivity contribution is 5.28. The average Bonchev–Trinajstić information content (AvgIpc) is 2.85. The highest BCUT2D eigenvalue weighted by atomic mass is 19.1. The Bertz CT molecular complexity index is 375. The van der Waals surface area contributed by atoms with E-state index < -0.39 is 0 Å². The SMILES string of the molecule is COCCNCC1(c2cccc(F)c2)CCCC1. The Morgan fingerprint density at radius 2 is 2.11 bits per heavy atom. The van der Waals surface area contributed by atoms with Crippen LogP contribution in [-0.4, -0.2) is 26.8 Å². The second kappa shape index (κ2) is 6.30. The van der Waals surface area contributed by atoms with E-state index in [0.717, 1.165) is 38.1 Å². The van der Waals surface area contributed by atoms with Gasteiger partial charge in [0.1, 0.15) is 5.82 Å². The number of ether oxygens (including phenoxy) is 1. The molecule has 0 amide bonds. The summed E-state index contributed by atoms with van der Waals surface area (Å²) in [6, 6.07) is 7.10. The van der Waals surface area contributed by atoms with Gasteiger partial charge in [-0.05, 0) is 30.5 Å². The third-order valence-corrected chi connectivity index (χ3v) is 3.94. The Morgan fingerprint density at radius 3 is 2.78 bits per heavy atom. The van der Waals surface area contributed by atoms with E-state index in [4.69, 9.17) is 4.74 Å². The van der Waals surface area contributed by atoms with Crippen LogP contribution in [-0.2, 0) is 10.2 Å². The molecule has 100 valence electrons. The lowest BCUT2D eigenvalue weighted by Crippen LogP contribution is -2.37. The smallest absolute Gasteiger partial charge is 0.123 e. The monoisotopic (exact) mass is 251 g/mol. The number of hydrogen-bond acceptors (Lipinski definition) is 2. The third kappa shape index (κ3) is 3.09. The van der Waals surface area contributed by atoms with Gasteiger partial charge in [0.2, 0.25) is 0 Å². The molecule has 0 aliphatic heterocycles. The van der Waals surface area contributed by atoms with Gasteiger partial charge in [0.05, 0.1) is 6.61 Å². The van der Waals surface area contributed by atoms with Crippen molar-refractivity contribution in [1.82, 2.24) is 5.32 Å². The lowest BCUT2D eigenvalue weighted by molar-refractivity contribution is 0.196. The Balaban J connectivity index is 2.06. The Kier molecular flexibility index (Phi) is 4.72. The molecule has 0 heterocycles. The summed E-state index contributed by atoms with van der Waals surface area (Å²) in [6.07, 6.45) is 4.78. The number of halogens is 1. The Hall–Kier alpha value is -0.930. The molecule has 0 radical (unpaired) electrons. The van der Waals surface area contributed by atoms with E-state index >= 15 is 0 Å². The fourth-order valence-corrected chi connectivity index (χ4v) is 2.94. The molecule has 18 heavy (non-hydrogen) atoms. The van der Waals surface area contributed by atoms with Crippen LogP contribution in [0.2, 0.25) is 0 Å². The molecule has 1 aromatic rings. The number of rotatable bonds is 6. The molecule has 2 nitrogen and oxygen atoms in total. The summed E-state index contributed by atoms with van der Waals surface area (Å²) < 4.78 is 18.4. The summed E-state index contributed by atoms with van der Waals surface area (Å²) in [7, 11) is 1.71. The van der Waals surface area contributed by atoms with Crippen molar-refractivity contribution in [3.8, 4) is 0 Å². The van der Waals surface area contributed by atoms with Crippen LogP contribution in [0.15, 0.2) is 24.3 Å². The lowest BCUT2D eigenvalue weighted by Gasteiger charge is -2.30. The largest absolute Gasteiger partial charge is 0.383 e. The van der Waals surface area contributed by atoms with Crippen LogP contribution in [0.25, 0.3) is 0 Å². The summed E-state index contributed by atoms with van der Waals surface area (Å²) in [5.41, 5.74) is 1.26. The van der Waals surface area contributed by atoms with E-state index in [1.165, 1.54) is 18.9 Å². The van der Waals surface area contributed by atoms with Crippen LogP contribution in [0.3, 0.4) is 0 Å². The van der Waals surface area contributed by atoms with Gasteiger partial charge in [0, 0.05) is 25.6 Å². The van der Waals surface area contributed by atoms with Gasteiger partial charge < -0.3 is 10.1 Å². The van der Waals surface area contributed by atoms with Gasteiger partial charge in [-0.1, -0.05) is 25.0 Å². The van der Waals surface area contributed by atoms with Crippen LogP contribution in [0.1, 0.15) is 31.2 Å². The molecule has 2 rings (SSSR count). The van der Waals surface area contributed by atoms with Gasteiger partial charge in [0.25, 0.3) is 0 Å². The minimum atomic E-state index is -0.129. The van der Waals surface area contributed by atoms with Crippen molar-refractivity contribution in [2.75, 3.05) is 26.8 Å². The second-order valence-corrected chi connectivity index (χ2v) is 5.17. The highest BCUT2D eigenvalue weighted by Gasteiger charge is 2.35. The standard InChI is InChI=1S/C15H22FNO/c1-18-10-9-17-12-15(7-2-3-8-15)13-5-4-6-14(16)11-13/h4-6,11,17H,2-3,7-10,12H2,1H3. The third-order valence-electron chi connectivity index (χ3n) is 3.94. The Morgan fingerprint density at radius 1 is 1.33 bits per heavy atom. The van der Waals surface area contributed by atoms with E-state index in [9.17, 15) is 4.39 Å². The second-order valence-electron chi connectivity index (χ2n) is 5.17. The molecule has 1 aromatic carbocycles. The predicted octanol–water partition coefficient (Wildman–Crippen LogP) is 2.87. The van der Waals surface area contributed by atoms with Gasteiger partial charge >= 0.3 is 0 Å². The van der Waals surface area contributed by atoms with Crippen molar-refractivity contribution in [3.63, 3.8) is 0 Å². The summed E-state index contributed by atoms with van der Waals surface area (Å²) in [5, 5.41) is 3.44. The molecule has 0 saturated heterocycles.